The Morgan fingerprint density at radius 2 is 1.10 bits per heavy atom. The van der Waals surface area contributed by atoms with Gasteiger partial charge in [-0.15, -0.1) is 0 Å². The number of ether oxygens (including phenoxy) is 1. The lowest BCUT2D eigenvalue weighted by atomic mass is 10.0. The lowest BCUT2D eigenvalue weighted by Crippen LogP contribution is -2.47. The van der Waals surface area contributed by atoms with Crippen molar-refractivity contribution in [3.63, 3.8) is 0 Å². The number of carbonyl (C=O) groups is 4. The van der Waals surface area contributed by atoms with Crippen LogP contribution < -0.4 is 10.6 Å². The zero-order chi connectivity index (χ0) is 38.3. The number of rotatable bonds is 35. The standard InChI is InChI=1S/C43H72N2O7/c1-3-5-7-8-9-10-11-12-13-14-15-16-17-18-19-20-21-22-23-24-25-26-31-35-42(49)52-38(32-28-6-4-2)33-29-27-30-34-40(47)44-36-41(48)45-39(37-46)43(50)51/h5,7,9-10,12-13,15-16,18-19,38-39,46H,3-4,6,8,11,14,17,20-37H2,1-2H3,(H,44,47)(H,45,48)(H,50,51)/b7-5-,10-9-,13-12-,16-15-,19-18-. The van der Waals surface area contributed by atoms with Gasteiger partial charge >= 0.3 is 11.9 Å². The Hall–Kier alpha value is -3.46. The van der Waals surface area contributed by atoms with E-state index >= 15 is 0 Å². The van der Waals surface area contributed by atoms with Crippen LogP contribution in [0.5, 0.6) is 0 Å². The van der Waals surface area contributed by atoms with Crippen molar-refractivity contribution in [1.29, 1.82) is 0 Å². The molecule has 0 saturated heterocycles. The number of hydrogen-bond donors (Lipinski definition) is 4. The van der Waals surface area contributed by atoms with Crippen LogP contribution in [0.25, 0.3) is 0 Å². The predicted octanol–water partition coefficient (Wildman–Crippen LogP) is 9.37. The normalized spacial score (nSPS) is 13.1. The summed E-state index contributed by atoms with van der Waals surface area (Å²) in [5.74, 6) is -2.41. The maximum atomic E-state index is 12.6. The molecule has 0 aliphatic heterocycles. The summed E-state index contributed by atoms with van der Waals surface area (Å²) in [6, 6.07) is -1.39. The van der Waals surface area contributed by atoms with Crippen LogP contribution in [0, 0.1) is 0 Å². The summed E-state index contributed by atoms with van der Waals surface area (Å²) >= 11 is 0. The first-order valence-corrected chi connectivity index (χ1v) is 20.2. The second-order valence-corrected chi connectivity index (χ2v) is 13.3. The summed E-state index contributed by atoms with van der Waals surface area (Å²) in [5, 5.41) is 22.5. The number of unbranched alkanes of at least 4 members (excludes halogenated alkanes) is 11. The van der Waals surface area contributed by atoms with Crippen LogP contribution in [0.3, 0.4) is 0 Å². The van der Waals surface area contributed by atoms with E-state index in [2.05, 4.69) is 85.2 Å². The number of aliphatic hydroxyl groups is 1. The van der Waals surface area contributed by atoms with Gasteiger partial charge < -0.3 is 25.6 Å². The molecule has 2 unspecified atom stereocenters. The highest BCUT2D eigenvalue weighted by Crippen LogP contribution is 2.17. The maximum absolute atomic E-state index is 12.6. The summed E-state index contributed by atoms with van der Waals surface area (Å²) in [6.07, 6.45) is 44.4. The largest absolute Gasteiger partial charge is 0.480 e. The molecule has 0 bridgehead atoms. The lowest BCUT2D eigenvalue weighted by Gasteiger charge is -2.18. The van der Waals surface area contributed by atoms with E-state index in [0.717, 1.165) is 103 Å². The first kappa shape index (κ1) is 48.5. The fraction of sp³-hybridized carbons (Fsp3) is 0.674. The Morgan fingerprint density at radius 3 is 1.65 bits per heavy atom. The van der Waals surface area contributed by atoms with Crippen molar-refractivity contribution in [2.45, 2.75) is 174 Å². The minimum absolute atomic E-state index is 0.0896. The van der Waals surface area contributed by atoms with E-state index in [0.29, 0.717) is 12.8 Å². The molecule has 9 heteroatoms. The van der Waals surface area contributed by atoms with Gasteiger partial charge in [-0.1, -0.05) is 126 Å². The number of aliphatic carboxylic acids is 1. The number of carbonyl (C=O) groups excluding carboxylic acids is 3. The molecule has 0 aromatic carbocycles. The fourth-order valence-electron chi connectivity index (χ4n) is 5.45. The first-order valence-electron chi connectivity index (χ1n) is 20.2. The van der Waals surface area contributed by atoms with E-state index in [1.807, 2.05) is 0 Å². The Labute approximate surface area is 315 Å². The molecule has 0 aliphatic carbocycles. The van der Waals surface area contributed by atoms with Crippen LogP contribution >= 0.6 is 0 Å². The Morgan fingerprint density at radius 1 is 0.596 bits per heavy atom. The molecule has 0 radical (unpaired) electrons. The van der Waals surface area contributed by atoms with E-state index in [1.165, 1.54) is 25.7 Å². The van der Waals surface area contributed by atoms with Gasteiger partial charge in [-0.3, -0.25) is 14.4 Å². The summed E-state index contributed by atoms with van der Waals surface area (Å²) in [4.78, 5) is 47.2. The highest BCUT2D eigenvalue weighted by atomic mass is 16.5. The van der Waals surface area contributed by atoms with Gasteiger partial charge in [0, 0.05) is 12.8 Å². The molecule has 2 amide bonds. The van der Waals surface area contributed by atoms with Crippen molar-refractivity contribution < 1.29 is 34.1 Å². The monoisotopic (exact) mass is 729 g/mol. The van der Waals surface area contributed by atoms with Crippen molar-refractivity contribution in [3.8, 4) is 0 Å². The summed E-state index contributed by atoms with van der Waals surface area (Å²) in [5.41, 5.74) is 0. The van der Waals surface area contributed by atoms with Gasteiger partial charge in [0.05, 0.1) is 13.2 Å². The quantitative estimate of drug-likeness (QED) is 0.0289. The number of allylic oxidation sites excluding steroid dienone is 10. The molecule has 0 spiro atoms. The number of aliphatic hydroxyl groups excluding tert-OH is 1. The van der Waals surface area contributed by atoms with Crippen LogP contribution in [0.1, 0.15) is 162 Å². The maximum Gasteiger partial charge on any atom is 0.328 e. The highest BCUT2D eigenvalue weighted by molar-refractivity contribution is 5.87. The van der Waals surface area contributed by atoms with E-state index in [-0.39, 0.29) is 30.9 Å². The van der Waals surface area contributed by atoms with Crippen LogP contribution in [-0.2, 0) is 23.9 Å². The van der Waals surface area contributed by atoms with Crippen LogP contribution in [0.4, 0.5) is 0 Å². The number of esters is 1. The zero-order valence-electron chi connectivity index (χ0n) is 32.5. The van der Waals surface area contributed by atoms with Gasteiger partial charge in [0.2, 0.25) is 11.8 Å². The topological polar surface area (TPSA) is 142 Å². The van der Waals surface area contributed by atoms with Crippen LogP contribution in [0.2, 0.25) is 0 Å². The van der Waals surface area contributed by atoms with E-state index in [4.69, 9.17) is 14.9 Å². The number of hydrogen-bond acceptors (Lipinski definition) is 6. The number of nitrogens with one attached hydrogen (secondary N) is 2. The molecule has 0 heterocycles. The molecule has 0 saturated carbocycles. The molecule has 0 aliphatic rings. The van der Waals surface area contributed by atoms with Gasteiger partial charge in [-0.2, -0.15) is 0 Å². The summed E-state index contributed by atoms with van der Waals surface area (Å²) in [6.45, 7) is 3.24. The van der Waals surface area contributed by atoms with Crippen LogP contribution in [0.15, 0.2) is 60.8 Å². The van der Waals surface area contributed by atoms with Gasteiger partial charge in [0.25, 0.3) is 0 Å². The molecule has 0 fully saturated rings. The van der Waals surface area contributed by atoms with Gasteiger partial charge in [-0.05, 0) is 83.5 Å². The molecule has 0 aromatic rings. The fourth-order valence-corrected chi connectivity index (χ4v) is 5.45. The van der Waals surface area contributed by atoms with Gasteiger partial charge in [-0.25, -0.2) is 4.79 Å². The number of amides is 2. The molecule has 4 N–H and O–H groups in total. The zero-order valence-corrected chi connectivity index (χ0v) is 32.5. The molecule has 296 valence electrons. The number of carboxylic acid groups (broad SMARTS) is 1. The molecule has 0 aromatic heterocycles. The van der Waals surface area contributed by atoms with Crippen molar-refractivity contribution in [3.05, 3.63) is 60.8 Å². The molecule has 9 nitrogen and oxygen atoms in total. The molecule has 2 atom stereocenters. The summed E-state index contributed by atoms with van der Waals surface area (Å²) < 4.78 is 5.86. The molecular weight excluding hydrogens is 656 g/mol. The average Bonchev–Trinajstić information content (AvgIpc) is 3.12. The minimum atomic E-state index is -1.39. The van der Waals surface area contributed by atoms with Crippen LogP contribution in [-0.4, -0.2) is 59.3 Å². The van der Waals surface area contributed by atoms with Gasteiger partial charge in [0.15, 0.2) is 0 Å². The van der Waals surface area contributed by atoms with E-state index in [1.54, 1.807) is 0 Å². The first-order chi connectivity index (χ1) is 25.3. The summed E-state index contributed by atoms with van der Waals surface area (Å²) in [7, 11) is 0. The van der Waals surface area contributed by atoms with Crippen molar-refractivity contribution in [1.82, 2.24) is 10.6 Å². The SMILES string of the molecule is CC/C=C\C/C=C\C/C=C\C/C=C\C/C=C\CCCCCCCCCC(=O)OC(CCCCC)CCCCCC(=O)NCC(=O)NC(CO)C(=O)O. The third-order valence-electron chi connectivity index (χ3n) is 8.53. The van der Waals surface area contributed by atoms with Crippen molar-refractivity contribution >= 4 is 23.8 Å². The molecule has 52 heavy (non-hydrogen) atoms. The molecule has 0 rings (SSSR count). The second-order valence-electron chi connectivity index (χ2n) is 13.3. The van der Waals surface area contributed by atoms with E-state index in [9.17, 15) is 19.2 Å². The number of carboxylic acids is 1. The Bertz CT molecular complexity index is 1060. The minimum Gasteiger partial charge on any atom is -0.480 e. The Kier molecular flexibility index (Phi) is 34.8. The third-order valence-corrected chi connectivity index (χ3v) is 8.53. The Balaban J connectivity index is 3.93. The second kappa shape index (κ2) is 37.3. The average molecular weight is 729 g/mol. The van der Waals surface area contributed by atoms with Crippen molar-refractivity contribution in [2.75, 3.05) is 13.2 Å². The van der Waals surface area contributed by atoms with E-state index < -0.39 is 24.5 Å². The lowest BCUT2D eigenvalue weighted by molar-refractivity contribution is -0.150. The van der Waals surface area contributed by atoms with Gasteiger partial charge in [0.1, 0.15) is 12.1 Å². The van der Waals surface area contributed by atoms with Crippen molar-refractivity contribution in [2.24, 2.45) is 0 Å². The highest BCUT2D eigenvalue weighted by Gasteiger charge is 2.19. The smallest absolute Gasteiger partial charge is 0.328 e. The predicted molar refractivity (Wildman–Crippen MR) is 213 cm³/mol. The third kappa shape index (κ3) is 33.7. The molecular formula is C43H72N2O7.